The van der Waals surface area contributed by atoms with Gasteiger partial charge < -0.3 is 9.72 Å². The number of carbonyl (C=O) groups is 1. The number of nitrogens with one attached hydrogen (secondary N) is 1. The standard InChI is InChI=1S/C14H15NO2/c1-3-6-10-7-5-8-11-9-12(15-13(10)11)14(16)17-4-2/h3,5,7-9,15H,1,4,6H2,2H3. The van der Waals surface area contributed by atoms with Crippen molar-refractivity contribution in [2.24, 2.45) is 0 Å². The lowest BCUT2D eigenvalue weighted by molar-refractivity contribution is 0.0520. The van der Waals surface area contributed by atoms with Crippen molar-refractivity contribution in [1.29, 1.82) is 0 Å². The summed E-state index contributed by atoms with van der Waals surface area (Å²) in [5.41, 5.74) is 2.61. The van der Waals surface area contributed by atoms with Crippen LogP contribution < -0.4 is 0 Å². The molecule has 0 unspecified atom stereocenters. The van der Waals surface area contributed by atoms with Gasteiger partial charge in [0.2, 0.25) is 0 Å². The molecule has 0 spiro atoms. The van der Waals surface area contributed by atoms with Crippen molar-refractivity contribution in [1.82, 2.24) is 4.98 Å². The Morgan fingerprint density at radius 1 is 1.53 bits per heavy atom. The largest absolute Gasteiger partial charge is 0.461 e. The zero-order valence-corrected chi connectivity index (χ0v) is 9.82. The van der Waals surface area contributed by atoms with Gasteiger partial charge in [-0.15, -0.1) is 6.58 Å². The number of allylic oxidation sites excluding steroid dienone is 1. The lowest BCUT2D eigenvalue weighted by atomic mass is 10.1. The maximum absolute atomic E-state index is 11.6. The van der Waals surface area contributed by atoms with Crippen LogP contribution in [0.4, 0.5) is 0 Å². The molecule has 17 heavy (non-hydrogen) atoms. The molecule has 3 nitrogen and oxygen atoms in total. The molecule has 3 heteroatoms. The molecule has 0 amide bonds. The van der Waals surface area contributed by atoms with Gasteiger partial charge in [0.25, 0.3) is 0 Å². The third kappa shape index (κ3) is 2.23. The van der Waals surface area contributed by atoms with Crippen molar-refractivity contribution >= 4 is 16.9 Å². The van der Waals surface area contributed by atoms with E-state index in [-0.39, 0.29) is 5.97 Å². The highest BCUT2D eigenvalue weighted by Crippen LogP contribution is 2.20. The second-order valence-corrected chi connectivity index (χ2v) is 3.78. The number of fused-ring (bicyclic) bond motifs is 1. The number of hydrogen-bond acceptors (Lipinski definition) is 2. The summed E-state index contributed by atoms with van der Waals surface area (Å²) in [4.78, 5) is 14.7. The number of benzene rings is 1. The molecule has 1 aromatic heterocycles. The van der Waals surface area contributed by atoms with Crippen molar-refractivity contribution in [3.8, 4) is 0 Å². The highest BCUT2D eigenvalue weighted by atomic mass is 16.5. The van der Waals surface area contributed by atoms with Crippen LogP contribution in [0, 0.1) is 0 Å². The van der Waals surface area contributed by atoms with Crippen molar-refractivity contribution in [3.63, 3.8) is 0 Å². The quantitative estimate of drug-likeness (QED) is 0.646. The van der Waals surface area contributed by atoms with Crippen molar-refractivity contribution in [3.05, 3.63) is 48.2 Å². The van der Waals surface area contributed by atoms with Gasteiger partial charge in [0.1, 0.15) is 5.69 Å². The number of rotatable bonds is 4. The summed E-state index contributed by atoms with van der Waals surface area (Å²) in [7, 11) is 0. The summed E-state index contributed by atoms with van der Waals surface area (Å²) in [5.74, 6) is -0.312. The van der Waals surface area contributed by atoms with Crippen LogP contribution in [0.2, 0.25) is 0 Å². The van der Waals surface area contributed by atoms with E-state index in [0.29, 0.717) is 12.3 Å². The first-order valence-corrected chi connectivity index (χ1v) is 5.65. The van der Waals surface area contributed by atoms with E-state index in [0.717, 1.165) is 22.9 Å². The summed E-state index contributed by atoms with van der Waals surface area (Å²) >= 11 is 0. The van der Waals surface area contributed by atoms with Crippen molar-refractivity contribution < 1.29 is 9.53 Å². The van der Waals surface area contributed by atoms with Gasteiger partial charge >= 0.3 is 5.97 Å². The Bertz CT molecular complexity index is 554. The Labute approximate surface area is 100 Å². The van der Waals surface area contributed by atoms with Crippen molar-refractivity contribution in [2.45, 2.75) is 13.3 Å². The van der Waals surface area contributed by atoms with Gasteiger partial charge in [-0.2, -0.15) is 0 Å². The number of aromatic nitrogens is 1. The number of aromatic amines is 1. The van der Waals surface area contributed by atoms with Crippen LogP contribution in [0.15, 0.2) is 36.9 Å². The first-order chi connectivity index (χ1) is 8.26. The van der Waals surface area contributed by atoms with Gasteiger partial charge in [0.05, 0.1) is 6.61 Å². The summed E-state index contributed by atoms with van der Waals surface area (Å²) in [6, 6.07) is 7.79. The number of para-hydroxylation sites is 1. The van der Waals surface area contributed by atoms with Gasteiger partial charge in [-0.25, -0.2) is 4.79 Å². The molecule has 0 fully saturated rings. The zero-order valence-electron chi connectivity index (χ0n) is 9.82. The molecular formula is C14H15NO2. The van der Waals surface area contributed by atoms with Crippen LogP contribution in [-0.4, -0.2) is 17.6 Å². The normalized spacial score (nSPS) is 10.4. The number of carbonyl (C=O) groups excluding carboxylic acids is 1. The minimum Gasteiger partial charge on any atom is -0.461 e. The first-order valence-electron chi connectivity index (χ1n) is 5.65. The van der Waals surface area contributed by atoms with E-state index in [4.69, 9.17) is 4.74 Å². The van der Waals surface area contributed by atoms with E-state index >= 15 is 0 Å². The Balaban J connectivity index is 2.45. The maximum atomic E-state index is 11.6. The van der Waals surface area contributed by atoms with E-state index in [1.165, 1.54) is 0 Å². The van der Waals surface area contributed by atoms with Crippen LogP contribution in [0.3, 0.4) is 0 Å². The highest BCUT2D eigenvalue weighted by Gasteiger charge is 2.11. The molecule has 0 radical (unpaired) electrons. The van der Waals surface area contributed by atoms with E-state index in [1.54, 1.807) is 6.92 Å². The summed E-state index contributed by atoms with van der Waals surface area (Å²) in [5, 5.41) is 1.02. The van der Waals surface area contributed by atoms with Gasteiger partial charge in [-0.05, 0) is 25.0 Å². The monoisotopic (exact) mass is 229 g/mol. The fraction of sp³-hybridized carbons (Fsp3) is 0.214. The molecule has 1 N–H and O–H groups in total. The summed E-state index contributed by atoms with van der Waals surface area (Å²) < 4.78 is 4.97. The molecule has 0 aliphatic heterocycles. The van der Waals surface area contributed by atoms with E-state index in [1.807, 2.05) is 30.3 Å². The highest BCUT2D eigenvalue weighted by molar-refractivity contribution is 5.95. The summed E-state index contributed by atoms with van der Waals surface area (Å²) in [6.45, 7) is 5.91. The van der Waals surface area contributed by atoms with Crippen LogP contribution in [0.25, 0.3) is 10.9 Å². The third-order valence-electron chi connectivity index (χ3n) is 2.60. The second-order valence-electron chi connectivity index (χ2n) is 3.78. The number of esters is 1. The Kier molecular flexibility index (Phi) is 3.28. The van der Waals surface area contributed by atoms with Gasteiger partial charge in [0, 0.05) is 10.9 Å². The minimum absolute atomic E-state index is 0.312. The average molecular weight is 229 g/mol. The SMILES string of the molecule is C=CCc1cccc2cc(C(=O)OCC)[nH]c12. The third-order valence-corrected chi connectivity index (χ3v) is 2.60. The lowest BCUT2D eigenvalue weighted by Gasteiger charge is -1.99. The fourth-order valence-electron chi connectivity index (χ4n) is 1.86. The average Bonchev–Trinajstić information content (AvgIpc) is 2.75. The number of ether oxygens (including phenoxy) is 1. The molecule has 1 heterocycles. The second kappa shape index (κ2) is 4.87. The lowest BCUT2D eigenvalue weighted by Crippen LogP contribution is -2.04. The Morgan fingerprint density at radius 2 is 2.35 bits per heavy atom. The molecule has 0 saturated heterocycles. The van der Waals surface area contributed by atoms with Gasteiger partial charge in [-0.3, -0.25) is 0 Å². The van der Waals surface area contributed by atoms with Crippen molar-refractivity contribution in [2.75, 3.05) is 6.61 Å². The smallest absolute Gasteiger partial charge is 0.354 e. The predicted octanol–water partition coefficient (Wildman–Crippen LogP) is 3.07. The van der Waals surface area contributed by atoms with E-state index < -0.39 is 0 Å². The Morgan fingerprint density at radius 3 is 3.06 bits per heavy atom. The fourth-order valence-corrected chi connectivity index (χ4v) is 1.86. The van der Waals surface area contributed by atoms with Crippen LogP contribution in [0.5, 0.6) is 0 Å². The first kappa shape index (κ1) is 11.5. The van der Waals surface area contributed by atoms with Crippen LogP contribution in [0.1, 0.15) is 23.0 Å². The van der Waals surface area contributed by atoms with Crippen LogP contribution >= 0.6 is 0 Å². The van der Waals surface area contributed by atoms with Gasteiger partial charge in [-0.1, -0.05) is 24.3 Å². The molecule has 2 rings (SSSR count). The van der Waals surface area contributed by atoms with E-state index in [9.17, 15) is 4.79 Å². The van der Waals surface area contributed by atoms with Crippen LogP contribution in [-0.2, 0) is 11.2 Å². The molecular weight excluding hydrogens is 214 g/mol. The minimum atomic E-state index is -0.312. The number of H-pyrrole nitrogens is 1. The predicted molar refractivity (Wildman–Crippen MR) is 68.2 cm³/mol. The zero-order chi connectivity index (χ0) is 12.3. The topological polar surface area (TPSA) is 42.1 Å². The maximum Gasteiger partial charge on any atom is 0.354 e. The number of hydrogen-bond donors (Lipinski definition) is 1. The van der Waals surface area contributed by atoms with E-state index in [2.05, 4.69) is 11.6 Å². The molecule has 0 saturated carbocycles. The molecule has 1 aromatic carbocycles. The molecule has 0 aliphatic carbocycles. The molecule has 0 atom stereocenters. The van der Waals surface area contributed by atoms with Gasteiger partial charge in [0.15, 0.2) is 0 Å². The summed E-state index contributed by atoms with van der Waals surface area (Å²) in [6.07, 6.45) is 2.62. The Hall–Kier alpha value is -2.03. The molecule has 88 valence electrons. The molecule has 0 aliphatic rings. The molecule has 2 aromatic rings. The molecule has 0 bridgehead atoms.